The van der Waals surface area contributed by atoms with Crippen LogP contribution in [0.25, 0.3) is 11.1 Å². The molecule has 220 valence electrons. The maximum atomic E-state index is 15.4. The summed E-state index contributed by atoms with van der Waals surface area (Å²) in [5.74, 6) is -1.26. The topological polar surface area (TPSA) is 88.0 Å². The standard InChI is InChI=1S/C31H45FN4O4/c1-20-25(27(29(37)38)40-30(2,3)4)26(36-14-10-31(5,6)11-15-36)23(18-33-20)22-16-24(32)28(34-17-22)39-19-21-8-12-35(7)13-9-21/h16-18,21,27H,8-15,19H2,1-7H3,(H,37,38)/t27-/m0/s1. The van der Waals surface area contributed by atoms with E-state index in [2.05, 4.69) is 40.7 Å². The van der Waals surface area contributed by atoms with Crippen molar-refractivity contribution in [1.82, 2.24) is 14.9 Å². The number of ether oxygens (including phenoxy) is 2. The average molecular weight is 557 g/mol. The van der Waals surface area contributed by atoms with Crippen LogP contribution in [0.4, 0.5) is 10.1 Å². The second kappa shape index (κ2) is 12.0. The largest absolute Gasteiger partial charge is 0.479 e. The quantitative estimate of drug-likeness (QED) is 0.431. The molecule has 9 heteroatoms. The van der Waals surface area contributed by atoms with Gasteiger partial charge in [0.05, 0.1) is 17.9 Å². The summed E-state index contributed by atoms with van der Waals surface area (Å²) in [4.78, 5) is 26.0. The van der Waals surface area contributed by atoms with Crippen LogP contribution in [0.15, 0.2) is 18.5 Å². The van der Waals surface area contributed by atoms with Gasteiger partial charge in [-0.05, 0) is 90.9 Å². The first-order chi connectivity index (χ1) is 18.7. The zero-order chi connectivity index (χ0) is 29.2. The van der Waals surface area contributed by atoms with Crippen LogP contribution in [-0.2, 0) is 9.53 Å². The number of piperidine rings is 2. The highest BCUT2D eigenvalue weighted by molar-refractivity contribution is 5.86. The predicted octanol–water partition coefficient (Wildman–Crippen LogP) is 5.88. The Kier molecular flexibility index (Phi) is 9.05. The molecule has 0 amide bonds. The number of hydrogen-bond donors (Lipinski definition) is 1. The Balaban J connectivity index is 1.72. The number of nitrogens with zero attached hydrogens (tertiary/aromatic N) is 4. The summed E-state index contributed by atoms with van der Waals surface area (Å²) < 4.78 is 27.3. The molecule has 4 heterocycles. The lowest BCUT2D eigenvalue weighted by molar-refractivity contribution is -0.160. The summed E-state index contributed by atoms with van der Waals surface area (Å²) in [6, 6.07) is 1.42. The molecular formula is C31H45FN4O4. The van der Waals surface area contributed by atoms with E-state index in [1.165, 1.54) is 6.07 Å². The minimum atomic E-state index is -1.23. The van der Waals surface area contributed by atoms with E-state index in [1.807, 2.05) is 20.8 Å². The van der Waals surface area contributed by atoms with Crippen molar-refractivity contribution in [3.8, 4) is 17.0 Å². The van der Waals surface area contributed by atoms with E-state index in [4.69, 9.17) is 9.47 Å². The number of carbonyl (C=O) groups is 1. The molecule has 2 aromatic heterocycles. The third-order valence-corrected chi connectivity index (χ3v) is 8.09. The van der Waals surface area contributed by atoms with E-state index >= 15 is 4.39 Å². The Morgan fingerprint density at radius 1 is 1.15 bits per heavy atom. The number of carboxylic acids is 1. The van der Waals surface area contributed by atoms with Gasteiger partial charge in [0.25, 0.3) is 0 Å². The maximum Gasteiger partial charge on any atom is 0.337 e. The molecule has 0 spiro atoms. The third-order valence-electron chi connectivity index (χ3n) is 8.09. The molecule has 2 fully saturated rings. The number of aromatic nitrogens is 2. The number of anilines is 1. The van der Waals surface area contributed by atoms with E-state index in [-0.39, 0.29) is 11.3 Å². The van der Waals surface area contributed by atoms with Crippen molar-refractivity contribution in [2.24, 2.45) is 11.3 Å². The van der Waals surface area contributed by atoms with Crippen LogP contribution in [0.5, 0.6) is 5.88 Å². The molecule has 0 aliphatic carbocycles. The van der Waals surface area contributed by atoms with Crippen LogP contribution in [0.3, 0.4) is 0 Å². The zero-order valence-electron chi connectivity index (χ0n) is 25.1. The number of hydrogen-bond acceptors (Lipinski definition) is 7. The number of pyridine rings is 2. The van der Waals surface area contributed by atoms with Gasteiger partial charge in [0.1, 0.15) is 0 Å². The van der Waals surface area contributed by atoms with E-state index in [1.54, 1.807) is 19.3 Å². The molecule has 4 rings (SSSR count). The molecule has 0 saturated carbocycles. The molecule has 2 aliphatic rings. The Morgan fingerprint density at radius 2 is 1.80 bits per heavy atom. The summed E-state index contributed by atoms with van der Waals surface area (Å²) >= 11 is 0. The van der Waals surface area contributed by atoms with E-state index in [0.29, 0.717) is 34.9 Å². The molecule has 1 atom stereocenters. The molecule has 0 aromatic carbocycles. The third kappa shape index (κ3) is 7.29. The summed E-state index contributed by atoms with van der Waals surface area (Å²) in [7, 11) is 2.11. The highest BCUT2D eigenvalue weighted by atomic mass is 19.1. The molecule has 8 nitrogen and oxygen atoms in total. The van der Waals surface area contributed by atoms with Crippen molar-refractivity contribution in [3.63, 3.8) is 0 Å². The molecular weight excluding hydrogens is 511 g/mol. The Morgan fingerprint density at radius 3 is 2.38 bits per heavy atom. The lowest BCUT2D eigenvalue weighted by Crippen LogP contribution is -2.39. The van der Waals surface area contributed by atoms with Crippen LogP contribution in [0, 0.1) is 24.1 Å². The van der Waals surface area contributed by atoms with Gasteiger partial charge in [-0.15, -0.1) is 0 Å². The van der Waals surface area contributed by atoms with Crippen molar-refractivity contribution in [2.75, 3.05) is 44.7 Å². The van der Waals surface area contributed by atoms with Gasteiger partial charge in [0, 0.05) is 47.9 Å². The van der Waals surface area contributed by atoms with E-state index < -0.39 is 23.5 Å². The smallest absolute Gasteiger partial charge is 0.337 e. The number of aryl methyl sites for hydroxylation is 1. The second-order valence-electron chi connectivity index (χ2n) is 13.2. The minimum Gasteiger partial charge on any atom is -0.479 e. The minimum absolute atomic E-state index is 0.0104. The van der Waals surface area contributed by atoms with Gasteiger partial charge in [-0.2, -0.15) is 0 Å². The van der Waals surface area contributed by atoms with Gasteiger partial charge >= 0.3 is 5.97 Å². The number of aliphatic carboxylic acids is 1. The van der Waals surface area contributed by atoms with Crippen LogP contribution in [0.2, 0.25) is 0 Å². The lowest BCUT2D eigenvalue weighted by Gasteiger charge is -2.40. The SMILES string of the molecule is Cc1ncc(-c2cnc(OCC3CCN(C)CC3)c(F)c2)c(N2CCC(C)(C)CC2)c1[C@H](OC(C)(C)C)C(=O)O. The average Bonchev–Trinajstić information content (AvgIpc) is 2.87. The van der Waals surface area contributed by atoms with Gasteiger partial charge in [0.2, 0.25) is 5.88 Å². The predicted molar refractivity (Wildman–Crippen MR) is 154 cm³/mol. The molecule has 0 bridgehead atoms. The van der Waals surface area contributed by atoms with E-state index in [0.717, 1.165) is 57.5 Å². The molecule has 2 aliphatic heterocycles. The van der Waals surface area contributed by atoms with E-state index in [9.17, 15) is 9.90 Å². The van der Waals surface area contributed by atoms with Gasteiger partial charge in [-0.3, -0.25) is 4.98 Å². The zero-order valence-corrected chi connectivity index (χ0v) is 25.1. The molecule has 40 heavy (non-hydrogen) atoms. The highest BCUT2D eigenvalue weighted by Crippen LogP contribution is 2.43. The first kappa shape index (κ1) is 30.2. The van der Waals surface area contributed by atoms with Crippen molar-refractivity contribution >= 4 is 11.7 Å². The lowest BCUT2D eigenvalue weighted by atomic mass is 9.82. The normalized spacial score (nSPS) is 19.4. The van der Waals surface area contributed by atoms with Gasteiger partial charge in [-0.25, -0.2) is 14.2 Å². The van der Waals surface area contributed by atoms with Crippen molar-refractivity contribution in [2.45, 2.75) is 78.9 Å². The first-order valence-corrected chi connectivity index (χ1v) is 14.4. The Hall–Kier alpha value is -2.78. The molecule has 0 radical (unpaired) electrons. The summed E-state index contributed by atoms with van der Waals surface area (Å²) in [5, 5.41) is 10.3. The van der Waals surface area contributed by atoms with Crippen LogP contribution < -0.4 is 9.64 Å². The monoisotopic (exact) mass is 556 g/mol. The summed E-state index contributed by atoms with van der Waals surface area (Å²) in [6.45, 7) is 15.7. The maximum absolute atomic E-state index is 15.4. The van der Waals surface area contributed by atoms with Gasteiger partial charge in [0.15, 0.2) is 11.9 Å². The summed E-state index contributed by atoms with van der Waals surface area (Å²) in [5.41, 5.74) is 2.45. The highest BCUT2D eigenvalue weighted by Gasteiger charge is 2.36. The number of halogens is 1. The Bertz CT molecular complexity index is 1190. The fourth-order valence-corrected chi connectivity index (χ4v) is 5.50. The fourth-order valence-electron chi connectivity index (χ4n) is 5.50. The van der Waals surface area contributed by atoms with Gasteiger partial charge in [-0.1, -0.05) is 13.8 Å². The molecule has 1 N–H and O–H groups in total. The second-order valence-corrected chi connectivity index (χ2v) is 13.2. The first-order valence-electron chi connectivity index (χ1n) is 14.4. The number of carboxylic acid groups (broad SMARTS) is 1. The number of likely N-dealkylation sites (tertiary alicyclic amines) is 1. The fraction of sp³-hybridized carbons (Fsp3) is 0.645. The van der Waals surface area contributed by atoms with Crippen molar-refractivity contribution in [1.29, 1.82) is 0 Å². The van der Waals surface area contributed by atoms with Crippen LogP contribution >= 0.6 is 0 Å². The molecule has 2 aromatic rings. The Labute approximate surface area is 237 Å². The van der Waals surface area contributed by atoms with Crippen LogP contribution in [-0.4, -0.2) is 71.4 Å². The molecule has 2 saturated heterocycles. The van der Waals surface area contributed by atoms with Crippen molar-refractivity contribution < 1.29 is 23.8 Å². The summed E-state index contributed by atoms with van der Waals surface area (Å²) in [6.07, 6.45) is 5.99. The van der Waals surface area contributed by atoms with Crippen molar-refractivity contribution in [3.05, 3.63) is 35.5 Å². The van der Waals surface area contributed by atoms with Gasteiger partial charge < -0.3 is 24.4 Å². The van der Waals surface area contributed by atoms with Crippen LogP contribution in [0.1, 0.15) is 77.7 Å². The number of rotatable bonds is 8. The molecule has 0 unspecified atom stereocenters.